The topological polar surface area (TPSA) is 78.9 Å². The summed E-state index contributed by atoms with van der Waals surface area (Å²) < 4.78 is 16.6. The molecule has 6 nitrogen and oxygen atoms in total. The SMILES string of the molecule is CCCCCCCC/C=C\CCCCCCCC(=O)OC(COC(=O)CCCCCCC)COC(=O)CCCCCCCCCCCCCCCCCCC. The summed E-state index contributed by atoms with van der Waals surface area (Å²) in [6, 6.07) is 0. The number of carbonyl (C=O) groups excluding carboxylic acids is 3. The van der Waals surface area contributed by atoms with Gasteiger partial charge in [0, 0.05) is 19.3 Å². The third-order valence-corrected chi connectivity index (χ3v) is 10.8. The van der Waals surface area contributed by atoms with Gasteiger partial charge in [-0.3, -0.25) is 14.4 Å². The minimum atomic E-state index is -0.765. The quantitative estimate of drug-likeness (QED) is 0.0265. The predicted molar refractivity (Wildman–Crippen MR) is 233 cm³/mol. The molecule has 0 aromatic carbocycles. The summed E-state index contributed by atoms with van der Waals surface area (Å²) >= 11 is 0. The van der Waals surface area contributed by atoms with Gasteiger partial charge in [-0.15, -0.1) is 0 Å². The zero-order valence-electron chi connectivity index (χ0n) is 37.0. The van der Waals surface area contributed by atoms with E-state index in [1.54, 1.807) is 0 Å². The van der Waals surface area contributed by atoms with Gasteiger partial charge in [0.1, 0.15) is 13.2 Å². The summed E-state index contributed by atoms with van der Waals surface area (Å²) in [6.45, 7) is 6.57. The highest BCUT2D eigenvalue weighted by atomic mass is 16.6. The normalized spacial score (nSPS) is 12.0. The molecular formula is C49H92O6. The standard InChI is InChI=1S/C49H92O6/c1-4-7-10-13-15-17-19-21-23-24-26-27-29-31-33-36-39-42-48(51)54-45-46(44-53-47(50)41-38-35-12-9-6-3)55-49(52)43-40-37-34-32-30-28-25-22-20-18-16-14-11-8-5-2/h22,25,46H,4-21,23-24,26-45H2,1-3H3/b25-22-. The number of unbranched alkanes of at least 4 members (excludes halogenated alkanes) is 31. The fraction of sp³-hybridized carbons (Fsp3) is 0.898. The second-order valence-electron chi connectivity index (χ2n) is 16.4. The van der Waals surface area contributed by atoms with Gasteiger partial charge in [-0.05, 0) is 44.9 Å². The summed E-state index contributed by atoms with van der Waals surface area (Å²) in [5, 5.41) is 0. The van der Waals surface area contributed by atoms with Gasteiger partial charge in [0.05, 0.1) is 0 Å². The Morgan fingerprint density at radius 2 is 0.600 bits per heavy atom. The molecule has 0 bridgehead atoms. The lowest BCUT2D eigenvalue weighted by molar-refractivity contribution is -0.167. The van der Waals surface area contributed by atoms with Crippen LogP contribution in [0.2, 0.25) is 0 Å². The van der Waals surface area contributed by atoms with Crippen molar-refractivity contribution in [3.05, 3.63) is 12.2 Å². The summed E-state index contributed by atoms with van der Waals surface area (Å²) in [5.41, 5.74) is 0. The van der Waals surface area contributed by atoms with Crippen LogP contribution in [0.3, 0.4) is 0 Å². The first-order valence-electron chi connectivity index (χ1n) is 24.2. The van der Waals surface area contributed by atoms with Gasteiger partial charge < -0.3 is 14.2 Å². The van der Waals surface area contributed by atoms with Gasteiger partial charge in [-0.2, -0.15) is 0 Å². The van der Waals surface area contributed by atoms with Crippen molar-refractivity contribution in [3.63, 3.8) is 0 Å². The molecular weight excluding hydrogens is 685 g/mol. The van der Waals surface area contributed by atoms with E-state index in [4.69, 9.17) is 14.2 Å². The minimum absolute atomic E-state index is 0.0698. The summed E-state index contributed by atoms with van der Waals surface area (Å²) in [5.74, 6) is -0.881. The first-order chi connectivity index (χ1) is 27.0. The highest BCUT2D eigenvalue weighted by Gasteiger charge is 2.19. The second kappa shape index (κ2) is 44.9. The van der Waals surface area contributed by atoms with Gasteiger partial charge in [0.25, 0.3) is 0 Å². The van der Waals surface area contributed by atoms with Crippen LogP contribution < -0.4 is 0 Å². The minimum Gasteiger partial charge on any atom is -0.462 e. The monoisotopic (exact) mass is 777 g/mol. The number of allylic oxidation sites excluding steroid dienone is 2. The Labute approximate surface area is 341 Å². The predicted octanol–water partition coefficient (Wildman–Crippen LogP) is 15.4. The maximum Gasteiger partial charge on any atom is 0.306 e. The Bertz CT molecular complexity index is 854. The van der Waals surface area contributed by atoms with E-state index in [-0.39, 0.29) is 31.1 Å². The number of rotatable bonds is 44. The zero-order valence-corrected chi connectivity index (χ0v) is 37.0. The lowest BCUT2D eigenvalue weighted by Gasteiger charge is -2.18. The third-order valence-electron chi connectivity index (χ3n) is 10.8. The highest BCUT2D eigenvalue weighted by molar-refractivity contribution is 5.71. The van der Waals surface area contributed by atoms with E-state index < -0.39 is 6.10 Å². The molecule has 0 rings (SSSR count). The van der Waals surface area contributed by atoms with Crippen molar-refractivity contribution >= 4 is 17.9 Å². The van der Waals surface area contributed by atoms with Crippen LogP contribution >= 0.6 is 0 Å². The van der Waals surface area contributed by atoms with Crippen LogP contribution in [0.4, 0.5) is 0 Å². The van der Waals surface area contributed by atoms with E-state index in [0.29, 0.717) is 19.3 Å². The van der Waals surface area contributed by atoms with Crippen molar-refractivity contribution in [1.82, 2.24) is 0 Å². The van der Waals surface area contributed by atoms with Crippen LogP contribution in [0.15, 0.2) is 12.2 Å². The van der Waals surface area contributed by atoms with Gasteiger partial charge >= 0.3 is 17.9 Å². The Hall–Kier alpha value is -1.85. The van der Waals surface area contributed by atoms with Crippen molar-refractivity contribution in [3.8, 4) is 0 Å². The number of ether oxygens (including phenoxy) is 3. The van der Waals surface area contributed by atoms with E-state index in [1.165, 1.54) is 154 Å². The van der Waals surface area contributed by atoms with Crippen molar-refractivity contribution in [1.29, 1.82) is 0 Å². The molecule has 1 atom stereocenters. The number of esters is 3. The first-order valence-corrected chi connectivity index (χ1v) is 24.2. The highest BCUT2D eigenvalue weighted by Crippen LogP contribution is 2.16. The Morgan fingerprint density at radius 3 is 0.909 bits per heavy atom. The summed E-state index contributed by atoms with van der Waals surface area (Å²) in [4.78, 5) is 37.5. The molecule has 55 heavy (non-hydrogen) atoms. The van der Waals surface area contributed by atoms with Crippen molar-refractivity contribution in [2.75, 3.05) is 13.2 Å². The third kappa shape index (κ3) is 43.1. The average Bonchev–Trinajstić information content (AvgIpc) is 3.18. The van der Waals surface area contributed by atoms with E-state index >= 15 is 0 Å². The Kier molecular flexibility index (Phi) is 43.4. The Morgan fingerprint density at radius 1 is 0.345 bits per heavy atom. The van der Waals surface area contributed by atoms with E-state index in [0.717, 1.165) is 70.6 Å². The van der Waals surface area contributed by atoms with Crippen LogP contribution in [-0.2, 0) is 28.6 Å². The smallest absolute Gasteiger partial charge is 0.306 e. The van der Waals surface area contributed by atoms with Gasteiger partial charge in [0.2, 0.25) is 0 Å². The maximum atomic E-state index is 12.7. The Balaban J connectivity index is 4.16. The fourth-order valence-corrected chi connectivity index (χ4v) is 7.08. The largest absolute Gasteiger partial charge is 0.462 e. The van der Waals surface area contributed by atoms with E-state index in [9.17, 15) is 14.4 Å². The van der Waals surface area contributed by atoms with Crippen molar-refractivity contribution < 1.29 is 28.6 Å². The molecule has 0 saturated carbocycles. The van der Waals surface area contributed by atoms with Gasteiger partial charge in [-0.1, -0.05) is 213 Å². The molecule has 0 spiro atoms. The molecule has 0 aliphatic heterocycles. The molecule has 0 N–H and O–H groups in total. The molecule has 0 aliphatic rings. The van der Waals surface area contributed by atoms with Crippen molar-refractivity contribution in [2.45, 2.75) is 271 Å². The second-order valence-corrected chi connectivity index (χ2v) is 16.4. The fourth-order valence-electron chi connectivity index (χ4n) is 7.08. The molecule has 0 amide bonds. The van der Waals surface area contributed by atoms with Crippen molar-refractivity contribution in [2.24, 2.45) is 0 Å². The van der Waals surface area contributed by atoms with Crippen LogP contribution in [0.25, 0.3) is 0 Å². The number of hydrogen-bond acceptors (Lipinski definition) is 6. The van der Waals surface area contributed by atoms with Crippen LogP contribution in [0.5, 0.6) is 0 Å². The lowest BCUT2D eigenvalue weighted by atomic mass is 10.0. The number of hydrogen-bond donors (Lipinski definition) is 0. The summed E-state index contributed by atoms with van der Waals surface area (Å²) in [7, 11) is 0. The van der Waals surface area contributed by atoms with Gasteiger partial charge in [0.15, 0.2) is 6.10 Å². The van der Waals surface area contributed by atoms with E-state index in [2.05, 4.69) is 32.9 Å². The maximum absolute atomic E-state index is 12.7. The van der Waals surface area contributed by atoms with Crippen LogP contribution in [0.1, 0.15) is 265 Å². The molecule has 0 heterocycles. The summed E-state index contributed by atoms with van der Waals surface area (Å²) in [6.07, 6.45) is 48.0. The molecule has 0 saturated heterocycles. The molecule has 0 aliphatic carbocycles. The first kappa shape index (κ1) is 53.1. The molecule has 324 valence electrons. The number of carbonyl (C=O) groups is 3. The van der Waals surface area contributed by atoms with Crippen LogP contribution in [-0.4, -0.2) is 37.2 Å². The average molecular weight is 777 g/mol. The molecule has 0 radical (unpaired) electrons. The molecule has 0 fully saturated rings. The molecule has 0 aromatic rings. The molecule has 6 heteroatoms. The van der Waals surface area contributed by atoms with E-state index in [1.807, 2.05) is 0 Å². The molecule has 1 unspecified atom stereocenters. The van der Waals surface area contributed by atoms with Gasteiger partial charge in [-0.25, -0.2) is 0 Å². The lowest BCUT2D eigenvalue weighted by Crippen LogP contribution is -2.30. The zero-order chi connectivity index (χ0) is 40.1. The molecule has 0 aromatic heterocycles. The van der Waals surface area contributed by atoms with Crippen LogP contribution in [0, 0.1) is 0 Å².